The fourth-order valence-electron chi connectivity index (χ4n) is 3.53. The lowest BCUT2D eigenvalue weighted by Crippen LogP contribution is -2.15. The van der Waals surface area contributed by atoms with Gasteiger partial charge in [0, 0.05) is 21.8 Å². The highest BCUT2D eigenvalue weighted by Crippen LogP contribution is 2.38. The van der Waals surface area contributed by atoms with E-state index in [2.05, 4.69) is 20.5 Å². The molecule has 35 heavy (non-hydrogen) atoms. The van der Waals surface area contributed by atoms with Crippen molar-refractivity contribution in [3.8, 4) is 10.6 Å². The Hall–Kier alpha value is -3.11. The van der Waals surface area contributed by atoms with Crippen LogP contribution in [0.2, 0.25) is 10.0 Å². The summed E-state index contributed by atoms with van der Waals surface area (Å²) in [7, 11) is 0. The molecule has 1 aliphatic rings. The van der Waals surface area contributed by atoms with Crippen LogP contribution in [0.1, 0.15) is 27.2 Å². The number of benzene rings is 1. The summed E-state index contributed by atoms with van der Waals surface area (Å²) in [6, 6.07) is 10.6. The van der Waals surface area contributed by atoms with E-state index in [1.807, 2.05) is 24.4 Å². The highest BCUT2D eigenvalue weighted by Gasteiger charge is 2.32. The van der Waals surface area contributed by atoms with Crippen LogP contribution in [-0.2, 0) is 9.53 Å². The van der Waals surface area contributed by atoms with Gasteiger partial charge in [0.1, 0.15) is 16.3 Å². The molecule has 3 aromatic heterocycles. The van der Waals surface area contributed by atoms with E-state index >= 15 is 0 Å². The molecule has 2 N–H and O–H groups in total. The van der Waals surface area contributed by atoms with Gasteiger partial charge in [-0.2, -0.15) is 5.10 Å². The van der Waals surface area contributed by atoms with Crippen LogP contribution in [-0.4, -0.2) is 32.8 Å². The van der Waals surface area contributed by atoms with Gasteiger partial charge in [0.05, 0.1) is 33.2 Å². The summed E-state index contributed by atoms with van der Waals surface area (Å²) in [5, 5.41) is 13.1. The minimum atomic E-state index is -0.511. The third-order valence-corrected chi connectivity index (χ3v) is 7.47. The number of ether oxygens (including phenoxy) is 1. The van der Waals surface area contributed by atoms with Crippen LogP contribution < -0.4 is 5.32 Å². The fraction of sp³-hybridized carbons (Fsp3) is 0.0833. The highest BCUT2D eigenvalue weighted by molar-refractivity contribution is 8.00. The molecule has 0 atom stereocenters. The number of carbonyl (C=O) groups excluding carboxylic acids is 2. The molecule has 1 aliphatic heterocycles. The first-order valence-electron chi connectivity index (χ1n) is 10.3. The number of halogens is 2. The predicted octanol–water partition coefficient (Wildman–Crippen LogP) is 6.55. The maximum absolute atomic E-state index is 12.8. The Labute approximate surface area is 218 Å². The number of esters is 1. The minimum absolute atomic E-state index is 0.0262. The summed E-state index contributed by atoms with van der Waals surface area (Å²) in [6.45, 7) is 1.83. The van der Waals surface area contributed by atoms with Crippen molar-refractivity contribution in [1.29, 1.82) is 0 Å². The molecule has 0 saturated heterocycles. The van der Waals surface area contributed by atoms with Crippen LogP contribution in [0, 0.1) is 6.92 Å². The summed E-state index contributed by atoms with van der Waals surface area (Å²) in [6.07, 6.45) is 3.47. The maximum Gasteiger partial charge on any atom is 0.347 e. The second kappa shape index (κ2) is 9.87. The van der Waals surface area contributed by atoms with E-state index in [1.54, 1.807) is 47.9 Å². The van der Waals surface area contributed by atoms with Crippen molar-refractivity contribution >= 4 is 75.7 Å². The molecule has 1 amide bonds. The Morgan fingerprint density at radius 2 is 2.14 bits per heavy atom. The van der Waals surface area contributed by atoms with Gasteiger partial charge in [-0.05, 0) is 48.7 Å². The number of aryl methyl sites for hydroxylation is 1. The molecule has 0 unspecified atom stereocenters. The number of rotatable bonds is 6. The fourth-order valence-corrected chi connectivity index (χ4v) is 5.61. The molecule has 0 radical (unpaired) electrons. The Morgan fingerprint density at radius 3 is 2.91 bits per heavy atom. The lowest BCUT2D eigenvalue weighted by atomic mass is 10.1. The number of nitrogens with zero attached hydrogens (tertiary/aromatic N) is 2. The Morgan fingerprint density at radius 1 is 1.29 bits per heavy atom. The first kappa shape index (κ1) is 23.6. The topological polar surface area (TPSA) is 97.0 Å². The summed E-state index contributed by atoms with van der Waals surface area (Å²) < 4.78 is 5.60. The third-order valence-electron chi connectivity index (χ3n) is 5.05. The largest absolute Gasteiger partial charge is 0.422 e. The van der Waals surface area contributed by atoms with E-state index in [0.717, 1.165) is 27.9 Å². The number of pyridine rings is 1. The highest BCUT2D eigenvalue weighted by atomic mass is 35.5. The van der Waals surface area contributed by atoms with Gasteiger partial charge in [0.25, 0.3) is 0 Å². The van der Waals surface area contributed by atoms with Crippen LogP contribution in [0.25, 0.3) is 22.4 Å². The maximum atomic E-state index is 12.8. The Balaban J connectivity index is 1.39. The SMILES string of the molecule is Cc1cc2c(c(SCC(=O)Nc3ccc(Cl)cc3Cl)n1)C(=O)O/C2=C/c1cn[nH]c1-c1cccs1. The number of hydrogen-bond donors (Lipinski definition) is 2. The van der Waals surface area contributed by atoms with Crippen molar-refractivity contribution in [1.82, 2.24) is 15.2 Å². The average Bonchev–Trinajstić information content (AvgIpc) is 3.55. The molecule has 5 rings (SSSR count). The van der Waals surface area contributed by atoms with Gasteiger partial charge in [-0.25, -0.2) is 9.78 Å². The Bertz CT molecular complexity index is 1480. The monoisotopic (exact) mass is 542 g/mol. The molecule has 0 bridgehead atoms. The number of hydrogen-bond acceptors (Lipinski definition) is 7. The molecule has 0 saturated carbocycles. The predicted molar refractivity (Wildman–Crippen MR) is 140 cm³/mol. The van der Waals surface area contributed by atoms with Crippen molar-refractivity contribution in [2.24, 2.45) is 0 Å². The van der Waals surface area contributed by atoms with Gasteiger partial charge in [0.2, 0.25) is 5.91 Å². The number of thiophene rings is 1. The van der Waals surface area contributed by atoms with Crippen molar-refractivity contribution in [3.63, 3.8) is 0 Å². The Kier molecular flexibility index (Phi) is 6.66. The molecule has 7 nitrogen and oxygen atoms in total. The van der Waals surface area contributed by atoms with E-state index in [1.165, 1.54) is 0 Å². The number of carbonyl (C=O) groups is 2. The zero-order chi connectivity index (χ0) is 24.5. The number of nitrogens with one attached hydrogen (secondary N) is 2. The van der Waals surface area contributed by atoms with Gasteiger partial charge >= 0.3 is 5.97 Å². The summed E-state index contributed by atoms with van der Waals surface area (Å²) in [5.41, 5.74) is 3.76. The third kappa shape index (κ3) is 4.99. The standard InChI is InChI=1S/C24H16Cl2N4O3S2/c1-12-7-15-18(8-13-10-27-30-22(13)19-3-2-6-34-19)33-24(32)21(15)23(28-12)35-11-20(31)29-17-5-4-14(25)9-16(17)26/h2-10H,11H2,1H3,(H,27,30)(H,29,31)/b18-8+. The number of H-pyrrole nitrogens is 1. The number of anilines is 1. The number of aromatic amines is 1. The van der Waals surface area contributed by atoms with Gasteiger partial charge in [-0.1, -0.05) is 41.0 Å². The molecule has 1 aromatic carbocycles. The van der Waals surface area contributed by atoms with Gasteiger partial charge in [-0.3, -0.25) is 9.89 Å². The molecule has 11 heteroatoms. The lowest BCUT2D eigenvalue weighted by Gasteiger charge is -2.09. The number of aromatic nitrogens is 3. The molecule has 4 heterocycles. The van der Waals surface area contributed by atoms with E-state index in [0.29, 0.717) is 43.3 Å². The van der Waals surface area contributed by atoms with Gasteiger partial charge in [0.15, 0.2) is 0 Å². The zero-order valence-electron chi connectivity index (χ0n) is 18.1. The average molecular weight is 543 g/mol. The molecular weight excluding hydrogens is 527 g/mol. The summed E-state index contributed by atoms with van der Waals surface area (Å²) in [4.78, 5) is 30.8. The normalized spacial score (nSPS) is 13.7. The smallest absolute Gasteiger partial charge is 0.347 e. The van der Waals surface area contributed by atoms with Gasteiger partial charge in [-0.15, -0.1) is 11.3 Å². The van der Waals surface area contributed by atoms with Crippen molar-refractivity contribution < 1.29 is 14.3 Å². The molecular formula is C24H16Cl2N4O3S2. The van der Waals surface area contributed by atoms with E-state index in [4.69, 9.17) is 27.9 Å². The summed E-state index contributed by atoms with van der Waals surface area (Å²) in [5.74, 6) is -0.367. The van der Waals surface area contributed by atoms with E-state index in [-0.39, 0.29) is 11.7 Å². The van der Waals surface area contributed by atoms with Crippen LogP contribution in [0.4, 0.5) is 5.69 Å². The minimum Gasteiger partial charge on any atom is -0.422 e. The van der Waals surface area contributed by atoms with Crippen molar-refractivity contribution in [2.45, 2.75) is 11.9 Å². The molecule has 176 valence electrons. The number of fused-ring (bicyclic) bond motifs is 1. The summed E-state index contributed by atoms with van der Waals surface area (Å²) >= 11 is 14.8. The quantitative estimate of drug-likeness (QED) is 0.212. The van der Waals surface area contributed by atoms with Crippen molar-refractivity contribution in [2.75, 3.05) is 11.1 Å². The van der Waals surface area contributed by atoms with Crippen molar-refractivity contribution in [3.05, 3.63) is 80.4 Å². The number of amides is 1. The van der Waals surface area contributed by atoms with Crippen LogP contribution in [0.15, 0.2) is 53.0 Å². The molecule has 0 spiro atoms. The van der Waals surface area contributed by atoms with Gasteiger partial charge < -0.3 is 10.1 Å². The van der Waals surface area contributed by atoms with Crippen LogP contribution in [0.3, 0.4) is 0 Å². The van der Waals surface area contributed by atoms with E-state index in [9.17, 15) is 9.59 Å². The number of thioether (sulfide) groups is 1. The second-order valence-corrected chi connectivity index (χ2v) is 10.3. The first-order valence-corrected chi connectivity index (χ1v) is 12.9. The number of cyclic esters (lactones) is 1. The van der Waals surface area contributed by atoms with Crippen LogP contribution in [0.5, 0.6) is 0 Å². The lowest BCUT2D eigenvalue weighted by molar-refractivity contribution is -0.113. The van der Waals surface area contributed by atoms with Crippen LogP contribution >= 0.6 is 46.3 Å². The second-order valence-electron chi connectivity index (χ2n) is 7.53. The van der Waals surface area contributed by atoms with E-state index < -0.39 is 5.97 Å². The zero-order valence-corrected chi connectivity index (χ0v) is 21.2. The molecule has 0 fully saturated rings. The molecule has 4 aromatic rings. The molecule has 0 aliphatic carbocycles. The first-order chi connectivity index (χ1) is 16.9.